The van der Waals surface area contributed by atoms with Gasteiger partial charge in [-0.1, -0.05) is 24.3 Å². The topological polar surface area (TPSA) is 35.2 Å². The Morgan fingerprint density at radius 3 is 2.73 bits per heavy atom. The Bertz CT molecular complexity index is 996. The lowest BCUT2D eigenvalue weighted by atomic mass is 9.74. The minimum atomic E-state index is 0.150. The molecule has 4 nitrogen and oxygen atoms in total. The number of benzene rings is 1. The van der Waals surface area contributed by atoms with E-state index in [2.05, 4.69) is 64.2 Å². The molecule has 3 fully saturated rings. The number of aromatic amines is 1. The fourth-order valence-corrected chi connectivity index (χ4v) is 5.73. The van der Waals surface area contributed by atoms with Gasteiger partial charge in [-0.25, -0.2) is 0 Å². The van der Waals surface area contributed by atoms with Gasteiger partial charge in [0.2, 0.25) is 0 Å². The number of nitrogens with one attached hydrogen (secondary N) is 1. The first-order valence-corrected chi connectivity index (χ1v) is 9.81. The fraction of sp³-hybridized carbons (Fsp3) is 0.409. The Hall–Kier alpha value is -2.17. The van der Waals surface area contributed by atoms with Crippen molar-refractivity contribution >= 4 is 10.9 Å². The second-order valence-electron chi connectivity index (χ2n) is 8.11. The summed E-state index contributed by atoms with van der Waals surface area (Å²) in [7, 11) is 0. The summed E-state index contributed by atoms with van der Waals surface area (Å²) in [6.07, 6.45) is 3.87. The van der Waals surface area contributed by atoms with Gasteiger partial charge < -0.3 is 4.98 Å². The van der Waals surface area contributed by atoms with Crippen LogP contribution in [0.4, 0.5) is 0 Å². The van der Waals surface area contributed by atoms with Crippen LogP contribution in [0.1, 0.15) is 41.7 Å². The molecule has 4 aliphatic rings. The third-order valence-corrected chi connectivity index (χ3v) is 6.87. The Morgan fingerprint density at radius 2 is 1.88 bits per heavy atom. The predicted octanol–water partition coefficient (Wildman–Crippen LogP) is 3.73. The number of rotatable bonds is 1. The van der Waals surface area contributed by atoms with E-state index in [4.69, 9.17) is 4.98 Å². The van der Waals surface area contributed by atoms with Gasteiger partial charge in [-0.15, -0.1) is 0 Å². The van der Waals surface area contributed by atoms with Crippen LogP contribution in [0.15, 0.2) is 42.5 Å². The van der Waals surface area contributed by atoms with Crippen molar-refractivity contribution in [3.63, 3.8) is 0 Å². The van der Waals surface area contributed by atoms with Crippen LogP contribution in [0.2, 0.25) is 0 Å². The van der Waals surface area contributed by atoms with E-state index in [0.29, 0.717) is 6.17 Å². The van der Waals surface area contributed by atoms with Gasteiger partial charge in [-0.2, -0.15) is 0 Å². The Labute approximate surface area is 153 Å². The largest absolute Gasteiger partial charge is 0.357 e. The minimum absolute atomic E-state index is 0.150. The molecule has 3 saturated heterocycles. The number of aromatic nitrogens is 2. The van der Waals surface area contributed by atoms with Crippen LogP contribution in [0.25, 0.3) is 10.9 Å². The molecule has 26 heavy (non-hydrogen) atoms. The molecule has 7 rings (SSSR count). The van der Waals surface area contributed by atoms with Gasteiger partial charge in [-0.05, 0) is 49.9 Å². The molecule has 1 aromatic carbocycles. The van der Waals surface area contributed by atoms with E-state index in [9.17, 15) is 0 Å². The lowest BCUT2D eigenvalue weighted by molar-refractivity contribution is -0.150. The number of para-hydroxylation sites is 1. The molecule has 1 unspecified atom stereocenters. The van der Waals surface area contributed by atoms with Crippen molar-refractivity contribution in [1.29, 1.82) is 0 Å². The molecule has 1 atom stereocenters. The Balaban J connectivity index is 1.53. The zero-order valence-electron chi connectivity index (χ0n) is 15.2. The monoisotopic (exact) mass is 344 g/mol. The van der Waals surface area contributed by atoms with Gasteiger partial charge in [0.15, 0.2) is 0 Å². The van der Waals surface area contributed by atoms with E-state index >= 15 is 0 Å². The van der Waals surface area contributed by atoms with Crippen LogP contribution in [0, 0.1) is 6.92 Å². The summed E-state index contributed by atoms with van der Waals surface area (Å²) in [5.41, 5.74) is 6.82. The minimum Gasteiger partial charge on any atom is -0.357 e. The first kappa shape index (κ1) is 14.9. The van der Waals surface area contributed by atoms with Crippen molar-refractivity contribution in [2.75, 3.05) is 19.6 Å². The average Bonchev–Trinajstić information content (AvgIpc) is 3.07. The molecule has 4 aliphatic heterocycles. The van der Waals surface area contributed by atoms with Crippen molar-refractivity contribution < 1.29 is 0 Å². The van der Waals surface area contributed by atoms with Gasteiger partial charge in [0.25, 0.3) is 0 Å². The number of pyridine rings is 1. The molecular weight excluding hydrogens is 320 g/mol. The summed E-state index contributed by atoms with van der Waals surface area (Å²) in [5.74, 6) is 0. The first-order chi connectivity index (χ1) is 12.8. The Morgan fingerprint density at radius 1 is 1.04 bits per heavy atom. The van der Waals surface area contributed by atoms with E-state index in [1.807, 2.05) is 0 Å². The third kappa shape index (κ3) is 1.84. The number of H-pyrrole nitrogens is 1. The second-order valence-corrected chi connectivity index (χ2v) is 8.11. The summed E-state index contributed by atoms with van der Waals surface area (Å²) in [5, 5.41) is 1.43. The van der Waals surface area contributed by atoms with Crippen LogP contribution >= 0.6 is 0 Å². The molecule has 0 amide bonds. The van der Waals surface area contributed by atoms with E-state index in [1.54, 1.807) is 5.56 Å². The maximum absolute atomic E-state index is 4.91. The molecule has 0 aliphatic carbocycles. The molecule has 1 spiro atoms. The van der Waals surface area contributed by atoms with Crippen molar-refractivity contribution in [3.8, 4) is 0 Å². The van der Waals surface area contributed by atoms with Crippen LogP contribution < -0.4 is 0 Å². The molecule has 0 saturated carbocycles. The molecule has 132 valence electrons. The quantitative estimate of drug-likeness (QED) is 0.730. The van der Waals surface area contributed by atoms with Gasteiger partial charge in [0.05, 0.1) is 11.2 Å². The lowest BCUT2D eigenvalue weighted by Gasteiger charge is -2.61. The van der Waals surface area contributed by atoms with Crippen LogP contribution in [-0.4, -0.2) is 39.4 Å². The molecule has 2 aromatic heterocycles. The van der Waals surface area contributed by atoms with E-state index in [1.165, 1.54) is 35.1 Å². The zero-order valence-corrected chi connectivity index (χ0v) is 15.2. The van der Waals surface area contributed by atoms with Gasteiger partial charge in [0, 0.05) is 41.9 Å². The van der Waals surface area contributed by atoms with Crippen molar-refractivity contribution in [2.45, 2.75) is 37.9 Å². The summed E-state index contributed by atoms with van der Waals surface area (Å²) in [6.45, 7) is 5.53. The smallest absolute Gasteiger partial charge is 0.107 e. The van der Waals surface area contributed by atoms with E-state index in [-0.39, 0.29) is 5.54 Å². The average molecular weight is 344 g/mol. The van der Waals surface area contributed by atoms with Crippen LogP contribution in [-0.2, 0) is 12.0 Å². The molecule has 1 N–H and O–H groups in total. The fourth-order valence-electron chi connectivity index (χ4n) is 5.73. The zero-order chi connectivity index (χ0) is 17.3. The number of hydrogen-bond acceptors (Lipinski definition) is 3. The number of hydrogen-bond donors (Lipinski definition) is 1. The predicted molar refractivity (Wildman–Crippen MR) is 103 cm³/mol. The summed E-state index contributed by atoms with van der Waals surface area (Å²) < 4.78 is 0. The van der Waals surface area contributed by atoms with Crippen LogP contribution in [0.5, 0.6) is 0 Å². The molecule has 6 heterocycles. The molecular formula is C22H24N4. The summed E-state index contributed by atoms with van der Waals surface area (Å²) >= 11 is 0. The van der Waals surface area contributed by atoms with E-state index in [0.717, 1.165) is 31.7 Å². The summed E-state index contributed by atoms with van der Waals surface area (Å²) in [4.78, 5) is 14.1. The van der Waals surface area contributed by atoms with Gasteiger partial charge >= 0.3 is 0 Å². The molecule has 4 heteroatoms. The highest BCUT2D eigenvalue weighted by Gasteiger charge is 2.55. The highest BCUT2D eigenvalue weighted by Crippen LogP contribution is 2.53. The Kier molecular flexibility index (Phi) is 2.98. The number of nitrogens with zero attached hydrogens (tertiary/aromatic N) is 3. The van der Waals surface area contributed by atoms with Crippen molar-refractivity contribution in [2.24, 2.45) is 0 Å². The molecule has 2 bridgehead atoms. The summed E-state index contributed by atoms with van der Waals surface area (Å²) in [6, 6.07) is 15.3. The molecule has 3 aromatic rings. The highest BCUT2D eigenvalue weighted by molar-refractivity contribution is 5.85. The van der Waals surface area contributed by atoms with Gasteiger partial charge in [0.1, 0.15) is 6.17 Å². The van der Waals surface area contributed by atoms with Crippen molar-refractivity contribution in [1.82, 2.24) is 19.8 Å². The maximum atomic E-state index is 4.91. The van der Waals surface area contributed by atoms with Crippen molar-refractivity contribution in [3.05, 3.63) is 65.1 Å². The number of aryl methyl sites for hydroxylation is 1. The SMILES string of the molecule is Cc1cccc(C2N3CCC4(CC3)c3[nH]c5ccccc5c3CCN24)n1. The number of fused-ring (bicyclic) bond motifs is 5. The number of piperidine rings is 1. The van der Waals surface area contributed by atoms with E-state index < -0.39 is 0 Å². The highest BCUT2D eigenvalue weighted by atomic mass is 15.4. The normalized spacial score (nSPS) is 30.3. The second kappa shape index (κ2) is 5.18. The maximum Gasteiger partial charge on any atom is 0.107 e. The lowest BCUT2D eigenvalue weighted by Crippen LogP contribution is -2.66. The van der Waals surface area contributed by atoms with Crippen LogP contribution in [0.3, 0.4) is 0 Å². The molecule has 0 radical (unpaired) electrons. The third-order valence-electron chi connectivity index (χ3n) is 6.87. The van der Waals surface area contributed by atoms with Gasteiger partial charge in [-0.3, -0.25) is 14.8 Å². The first-order valence-electron chi connectivity index (χ1n) is 9.81. The standard InChI is InChI=1S/C22H24N4/c1-15-5-4-8-19(23-15)21-25-13-10-22(11-14-25)20-17(9-12-26(21)22)16-6-2-3-7-18(16)24-20/h2-8,21,24H,9-14H2,1H3.